The van der Waals surface area contributed by atoms with E-state index >= 15 is 0 Å². The zero-order valence-electron chi connectivity index (χ0n) is 10.1. The quantitative estimate of drug-likeness (QED) is 0.848. The maximum Gasteiger partial charge on any atom is 0.161 e. The molecule has 5 heteroatoms. The average molecular weight is 318 g/mol. The van der Waals surface area contributed by atoms with Gasteiger partial charge in [-0.15, -0.1) is 0 Å². The van der Waals surface area contributed by atoms with E-state index in [1.54, 1.807) is 14.2 Å². The van der Waals surface area contributed by atoms with Gasteiger partial charge in [-0.1, -0.05) is 35.1 Å². The molecule has 0 saturated carbocycles. The summed E-state index contributed by atoms with van der Waals surface area (Å²) in [4.78, 5) is 0.520. The third-order valence-corrected chi connectivity index (χ3v) is 3.70. The summed E-state index contributed by atoms with van der Waals surface area (Å²) >= 11 is 8.49. The Morgan fingerprint density at radius 2 is 1.88 bits per heavy atom. The predicted octanol–water partition coefficient (Wildman–Crippen LogP) is 2.93. The van der Waals surface area contributed by atoms with Gasteiger partial charge in [0.1, 0.15) is 0 Å². The van der Waals surface area contributed by atoms with E-state index in [0.717, 1.165) is 16.5 Å². The molecule has 1 unspecified atom stereocenters. The van der Waals surface area contributed by atoms with Crippen molar-refractivity contribution < 1.29 is 9.47 Å². The number of hydrogen-bond acceptors (Lipinski definition) is 3. The summed E-state index contributed by atoms with van der Waals surface area (Å²) in [7, 11) is 3.23. The fraction of sp³-hybridized carbons (Fsp3) is 0.417. The Morgan fingerprint density at radius 3 is 2.35 bits per heavy atom. The highest BCUT2D eigenvalue weighted by Gasteiger charge is 2.13. The minimum atomic E-state index is 0.152. The van der Waals surface area contributed by atoms with Crippen LogP contribution in [-0.2, 0) is 6.42 Å². The molecule has 0 spiro atoms. The zero-order chi connectivity index (χ0) is 13.0. The van der Waals surface area contributed by atoms with Crippen molar-refractivity contribution in [1.29, 1.82) is 0 Å². The van der Waals surface area contributed by atoms with E-state index in [-0.39, 0.29) is 5.92 Å². The van der Waals surface area contributed by atoms with Crippen molar-refractivity contribution in [3.05, 3.63) is 22.2 Å². The van der Waals surface area contributed by atoms with E-state index in [2.05, 4.69) is 15.9 Å². The number of thiocarbonyl (C=S) groups is 1. The number of methoxy groups -OCH3 is 2. The minimum absolute atomic E-state index is 0.152. The molecule has 0 amide bonds. The predicted molar refractivity (Wildman–Crippen MR) is 76.9 cm³/mol. The van der Waals surface area contributed by atoms with Crippen LogP contribution in [0.4, 0.5) is 0 Å². The lowest BCUT2D eigenvalue weighted by Gasteiger charge is -2.14. The summed E-state index contributed by atoms with van der Waals surface area (Å²) in [6.45, 7) is 2.01. The van der Waals surface area contributed by atoms with Crippen LogP contribution in [0, 0.1) is 5.92 Å². The lowest BCUT2D eigenvalue weighted by Crippen LogP contribution is -2.20. The van der Waals surface area contributed by atoms with E-state index in [9.17, 15) is 0 Å². The van der Waals surface area contributed by atoms with E-state index < -0.39 is 0 Å². The Balaban J connectivity index is 3.04. The summed E-state index contributed by atoms with van der Waals surface area (Å²) < 4.78 is 11.5. The van der Waals surface area contributed by atoms with Crippen LogP contribution in [0.3, 0.4) is 0 Å². The SMILES string of the molecule is COc1cc(Br)c(CC(C)C(N)=S)cc1OC. The minimum Gasteiger partial charge on any atom is -0.493 e. The molecule has 3 nitrogen and oxygen atoms in total. The van der Waals surface area contributed by atoms with Crippen molar-refractivity contribution in [1.82, 2.24) is 0 Å². The van der Waals surface area contributed by atoms with Crippen molar-refractivity contribution >= 4 is 33.1 Å². The molecule has 0 aliphatic carbocycles. The normalized spacial score (nSPS) is 12.0. The molecule has 2 N–H and O–H groups in total. The first-order valence-electron chi connectivity index (χ1n) is 5.19. The Kier molecular flexibility index (Phi) is 5.21. The lowest BCUT2D eigenvalue weighted by atomic mass is 10.0. The van der Waals surface area contributed by atoms with Gasteiger partial charge in [-0.2, -0.15) is 0 Å². The van der Waals surface area contributed by atoms with Crippen molar-refractivity contribution in [2.75, 3.05) is 14.2 Å². The molecule has 0 fully saturated rings. The molecular weight excluding hydrogens is 302 g/mol. The van der Waals surface area contributed by atoms with Crippen LogP contribution >= 0.6 is 28.1 Å². The first kappa shape index (κ1) is 14.3. The van der Waals surface area contributed by atoms with E-state index in [1.807, 2.05) is 19.1 Å². The molecule has 17 heavy (non-hydrogen) atoms. The highest BCUT2D eigenvalue weighted by molar-refractivity contribution is 9.10. The monoisotopic (exact) mass is 317 g/mol. The zero-order valence-corrected chi connectivity index (χ0v) is 12.5. The largest absolute Gasteiger partial charge is 0.493 e. The van der Waals surface area contributed by atoms with Crippen LogP contribution in [0.5, 0.6) is 11.5 Å². The number of nitrogens with two attached hydrogens (primary N) is 1. The van der Waals surface area contributed by atoms with Gasteiger partial charge in [0, 0.05) is 10.4 Å². The maximum absolute atomic E-state index is 5.62. The fourth-order valence-electron chi connectivity index (χ4n) is 1.48. The molecule has 1 rings (SSSR count). The van der Waals surface area contributed by atoms with Crippen LogP contribution < -0.4 is 15.2 Å². The standard InChI is InChI=1S/C12H16BrNO2S/c1-7(12(14)17)4-8-5-10(15-2)11(16-3)6-9(8)13/h5-7H,4H2,1-3H3,(H2,14,17). The van der Waals surface area contributed by atoms with Crippen molar-refractivity contribution in [2.24, 2.45) is 11.7 Å². The molecule has 0 aliphatic heterocycles. The topological polar surface area (TPSA) is 44.5 Å². The third-order valence-electron chi connectivity index (χ3n) is 2.56. The lowest BCUT2D eigenvalue weighted by molar-refractivity contribution is 0.354. The van der Waals surface area contributed by atoms with Gasteiger partial charge in [-0.25, -0.2) is 0 Å². The molecular formula is C12H16BrNO2S. The Morgan fingerprint density at radius 1 is 1.35 bits per heavy atom. The van der Waals surface area contributed by atoms with Crippen molar-refractivity contribution in [3.63, 3.8) is 0 Å². The van der Waals surface area contributed by atoms with Crippen LogP contribution in [-0.4, -0.2) is 19.2 Å². The summed E-state index contributed by atoms with van der Waals surface area (Å²) in [5.41, 5.74) is 6.72. The van der Waals surface area contributed by atoms with Gasteiger partial charge >= 0.3 is 0 Å². The van der Waals surface area contributed by atoms with Gasteiger partial charge in [0.05, 0.1) is 19.2 Å². The molecule has 0 saturated heterocycles. The number of rotatable bonds is 5. The number of benzene rings is 1. The Labute approximate surface area is 115 Å². The fourth-order valence-corrected chi connectivity index (χ4v) is 2.05. The van der Waals surface area contributed by atoms with Crippen molar-refractivity contribution in [3.8, 4) is 11.5 Å². The summed E-state index contributed by atoms with van der Waals surface area (Å²) in [6, 6.07) is 3.83. The third kappa shape index (κ3) is 3.57. The highest BCUT2D eigenvalue weighted by Crippen LogP contribution is 2.34. The molecule has 1 aromatic rings. The summed E-state index contributed by atoms with van der Waals surface area (Å²) in [5, 5.41) is 0. The molecule has 0 heterocycles. The van der Waals surface area contributed by atoms with Crippen LogP contribution in [0.15, 0.2) is 16.6 Å². The van der Waals surface area contributed by atoms with Crippen LogP contribution in [0.1, 0.15) is 12.5 Å². The van der Waals surface area contributed by atoms with Gasteiger partial charge in [0.25, 0.3) is 0 Å². The summed E-state index contributed by atoms with van der Waals surface area (Å²) in [6.07, 6.45) is 0.774. The van der Waals surface area contributed by atoms with Gasteiger partial charge in [-0.3, -0.25) is 0 Å². The first-order chi connectivity index (χ1) is 7.99. The van der Waals surface area contributed by atoms with E-state index in [0.29, 0.717) is 16.5 Å². The number of hydrogen-bond donors (Lipinski definition) is 1. The number of ether oxygens (including phenoxy) is 2. The Hall–Kier alpha value is -0.810. The van der Waals surface area contributed by atoms with E-state index in [1.165, 1.54) is 0 Å². The molecule has 0 bridgehead atoms. The van der Waals surface area contributed by atoms with Crippen molar-refractivity contribution in [2.45, 2.75) is 13.3 Å². The van der Waals surface area contributed by atoms with Gasteiger partial charge in [-0.05, 0) is 24.1 Å². The first-order valence-corrected chi connectivity index (χ1v) is 6.39. The highest BCUT2D eigenvalue weighted by atomic mass is 79.9. The van der Waals surface area contributed by atoms with Gasteiger partial charge in [0.15, 0.2) is 11.5 Å². The van der Waals surface area contributed by atoms with Crippen LogP contribution in [0.25, 0.3) is 0 Å². The van der Waals surface area contributed by atoms with E-state index in [4.69, 9.17) is 27.4 Å². The van der Waals surface area contributed by atoms with Crippen LogP contribution in [0.2, 0.25) is 0 Å². The number of halogens is 1. The smallest absolute Gasteiger partial charge is 0.161 e. The van der Waals surface area contributed by atoms with Gasteiger partial charge in [0.2, 0.25) is 0 Å². The second-order valence-electron chi connectivity index (χ2n) is 3.81. The maximum atomic E-state index is 5.62. The molecule has 1 aromatic carbocycles. The average Bonchev–Trinajstić information content (AvgIpc) is 2.30. The second-order valence-corrected chi connectivity index (χ2v) is 5.13. The molecule has 1 atom stereocenters. The molecule has 0 aliphatic rings. The molecule has 0 radical (unpaired) electrons. The van der Waals surface area contributed by atoms with Gasteiger partial charge < -0.3 is 15.2 Å². The molecule has 0 aromatic heterocycles. The Bertz CT molecular complexity index is 423. The second kappa shape index (κ2) is 6.21. The molecule has 94 valence electrons. The summed E-state index contributed by atoms with van der Waals surface area (Å²) in [5.74, 6) is 1.56.